The topological polar surface area (TPSA) is 93.2 Å². The number of aliphatic hydroxyl groups is 1. The van der Waals surface area contributed by atoms with Crippen LogP contribution in [0.25, 0.3) is 11.0 Å². The summed E-state index contributed by atoms with van der Waals surface area (Å²) in [6.45, 7) is 1.68. The average molecular weight is 456 g/mol. The summed E-state index contributed by atoms with van der Waals surface area (Å²) in [7, 11) is 0. The Balaban J connectivity index is 0.00000156. The van der Waals surface area contributed by atoms with Crippen molar-refractivity contribution in [3.8, 4) is 0 Å². The number of fused-ring (bicyclic) bond motifs is 1. The molecule has 10 heteroatoms. The van der Waals surface area contributed by atoms with E-state index >= 15 is 0 Å². The van der Waals surface area contributed by atoms with Crippen LogP contribution < -0.4 is 5.32 Å². The molecule has 0 aliphatic carbocycles. The standard InChI is InChI=1S/C15H19BrN4O3.2ClH/c16-10-5-6-12-14(15(10)20(22)23)18-9-19(12)8-2-3-11-13(21)4-1-7-17-11;;/h5-6,9,11,13,17,21H,1-4,7-8H2;2*1H/t11-,13+;;/m1../s1. The number of imidazole rings is 1. The lowest BCUT2D eigenvalue weighted by Gasteiger charge is -2.29. The molecule has 1 aromatic carbocycles. The second-order valence-corrected chi connectivity index (χ2v) is 6.73. The molecule has 1 aliphatic heterocycles. The number of hydrogen-bond acceptors (Lipinski definition) is 5. The molecule has 2 N–H and O–H groups in total. The van der Waals surface area contributed by atoms with Gasteiger partial charge in [0.05, 0.1) is 27.3 Å². The zero-order valence-electron chi connectivity index (χ0n) is 13.4. The van der Waals surface area contributed by atoms with Crippen LogP contribution in [0.1, 0.15) is 25.7 Å². The Hall–Kier alpha value is -0.930. The minimum atomic E-state index is -0.411. The Morgan fingerprint density at radius 1 is 1.44 bits per heavy atom. The summed E-state index contributed by atoms with van der Waals surface area (Å²) in [6, 6.07) is 3.67. The summed E-state index contributed by atoms with van der Waals surface area (Å²) >= 11 is 3.21. The van der Waals surface area contributed by atoms with E-state index in [-0.39, 0.29) is 42.6 Å². The molecule has 0 unspecified atom stereocenters. The molecule has 2 aromatic rings. The van der Waals surface area contributed by atoms with Crippen molar-refractivity contribution < 1.29 is 10.0 Å². The maximum Gasteiger partial charge on any atom is 0.311 e. The van der Waals surface area contributed by atoms with Crippen LogP contribution in [-0.2, 0) is 6.54 Å². The first-order valence-electron chi connectivity index (χ1n) is 7.77. The molecule has 1 saturated heterocycles. The van der Waals surface area contributed by atoms with E-state index in [2.05, 4.69) is 26.2 Å². The maximum atomic E-state index is 11.2. The fraction of sp³-hybridized carbons (Fsp3) is 0.533. The highest BCUT2D eigenvalue weighted by molar-refractivity contribution is 9.10. The number of benzene rings is 1. The van der Waals surface area contributed by atoms with E-state index in [1.165, 1.54) is 0 Å². The number of nitro groups is 1. The third-order valence-corrected chi connectivity index (χ3v) is 5.00. The van der Waals surface area contributed by atoms with Crippen LogP contribution >= 0.6 is 40.7 Å². The van der Waals surface area contributed by atoms with Gasteiger partial charge in [-0.25, -0.2) is 4.98 Å². The molecule has 3 rings (SSSR count). The van der Waals surface area contributed by atoms with E-state index in [0.717, 1.165) is 44.3 Å². The van der Waals surface area contributed by atoms with Gasteiger partial charge < -0.3 is 15.0 Å². The molecule has 0 bridgehead atoms. The molecule has 0 amide bonds. The number of hydrogen-bond donors (Lipinski definition) is 2. The van der Waals surface area contributed by atoms with Gasteiger partial charge >= 0.3 is 5.69 Å². The van der Waals surface area contributed by atoms with Crippen molar-refractivity contribution in [3.05, 3.63) is 33.0 Å². The largest absolute Gasteiger partial charge is 0.392 e. The summed E-state index contributed by atoms with van der Waals surface area (Å²) in [4.78, 5) is 15.0. The number of piperidine rings is 1. The SMILES string of the molecule is Cl.Cl.O=[N+]([O-])c1c(Br)ccc2c1ncn2CCC[C@H]1NCCC[C@@H]1O. The van der Waals surface area contributed by atoms with Crippen molar-refractivity contribution in [1.29, 1.82) is 0 Å². The van der Waals surface area contributed by atoms with Crippen LogP contribution in [0.4, 0.5) is 5.69 Å². The van der Waals surface area contributed by atoms with Gasteiger partial charge in [-0.1, -0.05) is 0 Å². The summed E-state index contributed by atoms with van der Waals surface area (Å²) in [5.74, 6) is 0. The minimum absolute atomic E-state index is 0. The Kier molecular flexibility index (Phi) is 8.56. The predicted molar refractivity (Wildman–Crippen MR) is 105 cm³/mol. The molecule has 1 fully saturated rings. The van der Waals surface area contributed by atoms with Gasteiger partial charge in [0.2, 0.25) is 0 Å². The second-order valence-electron chi connectivity index (χ2n) is 5.87. The highest BCUT2D eigenvalue weighted by Crippen LogP contribution is 2.32. The van der Waals surface area contributed by atoms with Crippen LogP contribution in [-0.4, -0.2) is 38.3 Å². The fourth-order valence-electron chi connectivity index (χ4n) is 3.16. The number of nitrogens with zero attached hydrogens (tertiary/aromatic N) is 3. The molecule has 0 radical (unpaired) electrons. The zero-order valence-corrected chi connectivity index (χ0v) is 16.6. The first kappa shape index (κ1) is 22.1. The van der Waals surface area contributed by atoms with E-state index in [4.69, 9.17) is 0 Å². The normalized spacial score (nSPS) is 19.9. The van der Waals surface area contributed by atoms with Gasteiger partial charge in [0.1, 0.15) is 0 Å². The van der Waals surface area contributed by atoms with Gasteiger partial charge in [-0.05, 0) is 60.3 Å². The lowest BCUT2D eigenvalue weighted by molar-refractivity contribution is -0.384. The Morgan fingerprint density at radius 2 is 2.20 bits per heavy atom. The van der Waals surface area contributed by atoms with Crippen molar-refractivity contribution in [3.63, 3.8) is 0 Å². The van der Waals surface area contributed by atoms with Crippen molar-refractivity contribution in [1.82, 2.24) is 14.9 Å². The highest BCUT2D eigenvalue weighted by Gasteiger charge is 2.23. The van der Waals surface area contributed by atoms with E-state index in [9.17, 15) is 15.2 Å². The van der Waals surface area contributed by atoms with E-state index in [1.54, 1.807) is 12.4 Å². The van der Waals surface area contributed by atoms with Gasteiger partial charge in [-0.2, -0.15) is 0 Å². The molecular formula is C15H21BrCl2N4O3. The van der Waals surface area contributed by atoms with Crippen molar-refractivity contribution >= 4 is 57.5 Å². The van der Waals surface area contributed by atoms with E-state index in [0.29, 0.717) is 9.99 Å². The number of aryl methyl sites for hydroxylation is 1. The smallest absolute Gasteiger partial charge is 0.311 e. The maximum absolute atomic E-state index is 11.2. The number of aliphatic hydroxyl groups excluding tert-OH is 1. The van der Waals surface area contributed by atoms with Crippen LogP contribution in [0.3, 0.4) is 0 Å². The summed E-state index contributed by atoms with van der Waals surface area (Å²) in [5, 5.41) is 24.5. The predicted octanol–water partition coefficient (Wildman–Crippen LogP) is 3.44. The number of rotatable bonds is 5. The van der Waals surface area contributed by atoms with Crippen LogP contribution in [0, 0.1) is 10.1 Å². The molecule has 25 heavy (non-hydrogen) atoms. The summed E-state index contributed by atoms with van der Waals surface area (Å²) < 4.78 is 2.37. The number of nitro benzene ring substituents is 1. The van der Waals surface area contributed by atoms with Gasteiger partial charge in [-0.15, -0.1) is 24.8 Å². The average Bonchev–Trinajstić information content (AvgIpc) is 2.91. The molecule has 2 atom stereocenters. The van der Waals surface area contributed by atoms with E-state index < -0.39 is 4.92 Å². The van der Waals surface area contributed by atoms with Gasteiger partial charge in [0.15, 0.2) is 5.52 Å². The number of nitrogens with one attached hydrogen (secondary N) is 1. The molecule has 1 aromatic heterocycles. The van der Waals surface area contributed by atoms with Crippen molar-refractivity contribution in [2.24, 2.45) is 0 Å². The van der Waals surface area contributed by atoms with Gasteiger partial charge in [0.25, 0.3) is 0 Å². The third-order valence-electron chi connectivity index (χ3n) is 4.36. The molecular weight excluding hydrogens is 435 g/mol. The third kappa shape index (κ3) is 4.83. The van der Waals surface area contributed by atoms with Gasteiger partial charge in [-0.3, -0.25) is 10.1 Å². The Morgan fingerprint density at radius 3 is 2.88 bits per heavy atom. The summed E-state index contributed by atoms with van der Waals surface area (Å²) in [6.07, 6.45) is 4.99. The van der Waals surface area contributed by atoms with Crippen molar-refractivity contribution in [2.45, 2.75) is 44.4 Å². The first-order valence-corrected chi connectivity index (χ1v) is 8.56. The minimum Gasteiger partial charge on any atom is -0.392 e. The Bertz CT molecular complexity index is 728. The number of aromatic nitrogens is 2. The van der Waals surface area contributed by atoms with Gasteiger partial charge in [0, 0.05) is 12.6 Å². The van der Waals surface area contributed by atoms with Crippen LogP contribution in [0.5, 0.6) is 0 Å². The highest BCUT2D eigenvalue weighted by atomic mass is 79.9. The first-order chi connectivity index (χ1) is 11.1. The molecule has 7 nitrogen and oxygen atoms in total. The van der Waals surface area contributed by atoms with Crippen LogP contribution in [0.2, 0.25) is 0 Å². The van der Waals surface area contributed by atoms with Crippen molar-refractivity contribution in [2.75, 3.05) is 6.54 Å². The molecule has 1 aliphatic rings. The number of halogens is 3. The summed E-state index contributed by atoms with van der Waals surface area (Å²) in [5.41, 5.74) is 1.17. The van der Waals surface area contributed by atoms with E-state index in [1.807, 2.05) is 10.6 Å². The fourth-order valence-corrected chi connectivity index (χ4v) is 3.62. The van der Waals surface area contributed by atoms with Crippen LogP contribution in [0.15, 0.2) is 22.9 Å². The molecule has 2 heterocycles. The molecule has 140 valence electrons. The lowest BCUT2D eigenvalue weighted by Crippen LogP contribution is -2.44. The second kappa shape index (κ2) is 9.68. The Labute approximate surface area is 166 Å². The quantitative estimate of drug-likeness (QED) is 0.532. The zero-order chi connectivity index (χ0) is 16.4. The monoisotopic (exact) mass is 454 g/mol. The molecule has 0 spiro atoms. The lowest BCUT2D eigenvalue weighted by atomic mass is 9.97. The molecule has 0 saturated carbocycles.